The van der Waals surface area contributed by atoms with Crippen LogP contribution in [0.25, 0.3) is 0 Å². The number of methoxy groups -OCH3 is 1. The topological polar surface area (TPSA) is 48.0 Å². The summed E-state index contributed by atoms with van der Waals surface area (Å²) in [4.78, 5) is 12.6. The molecule has 0 N–H and O–H groups in total. The van der Waals surface area contributed by atoms with E-state index in [1.807, 2.05) is 0 Å². The highest BCUT2D eigenvalue weighted by atomic mass is 16.5. The van der Waals surface area contributed by atoms with E-state index in [0.29, 0.717) is 39.6 Å². The Morgan fingerprint density at radius 1 is 1.19 bits per heavy atom. The minimum atomic E-state index is -0.0973. The van der Waals surface area contributed by atoms with Gasteiger partial charge in [0.25, 0.3) is 0 Å². The zero-order valence-corrected chi connectivity index (χ0v) is 10.1. The maximum Gasteiger partial charge on any atom is 0.245 e. The van der Waals surface area contributed by atoms with Crippen LogP contribution in [0.1, 0.15) is 0 Å². The molecule has 0 rings (SSSR count). The lowest BCUT2D eigenvalue weighted by molar-refractivity contribution is -0.125. The molecule has 0 aromatic rings. The molecule has 16 heavy (non-hydrogen) atoms. The van der Waals surface area contributed by atoms with Gasteiger partial charge >= 0.3 is 0 Å². The number of likely N-dealkylation sites (N-methyl/N-ethyl adjacent to an activating group) is 1. The van der Waals surface area contributed by atoms with Gasteiger partial charge in [0.15, 0.2) is 0 Å². The smallest absolute Gasteiger partial charge is 0.245 e. The second-order valence-corrected chi connectivity index (χ2v) is 3.18. The fourth-order valence-electron chi connectivity index (χ4n) is 0.932. The molecule has 0 unspecified atom stereocenters. The van der Waals surface area contributed by atoms with Crippen LogP contribution in [-0.4, -0.2) is 64.5 Å². The fraction of sp³-hybridized carbons (Fsp3) is 0.727. The van der Waals surface area contributed by atoms with Crippen molar-refractivity contribution in [3.05, 3.63) is 12.7 Å². The number of rotatable bonds is 10. The summed E-state index contributed by atoms with van der Waals surface area (Å²) < 4.78 is 15.3. The summed E-state index contributed by atoms with van der Waals surface area (Å²) in [6.45, 7) is 6.71. The maximum absolute atomic E-state index is 11.1. The van der Waals surface area contributed by atoms with Crippen molar-refractivity contribution < 1.29 is 19.0 Å². The van der Waals surface area contributed by atoms with Crippen molar-refractivity contribution in [1.29, 1.82) is 0 Å². The van der Waals surface area contributed by atoms with Crippen molar-refractivity contribution in [3.8, 4) is 0 Å². The third-order valence-corrected chi connectivity index (χ3v) is 1.93. The molecular weight excluding hydrogens is 210 g/mol. The fourth-order valence-corrected chi connectivity index (χ4v) is 0.932. The van der Waals surface area contributed by atoms with Gasteiger partial charge < -0.3 is 19.1 Å². The Labute approximate surface area is 97.0 Å². The van der Waals surface area contributed by atoms with Crippen molar-refractivity contribution in [2.75, 3.05) is 53.7 Å². The molecule has 0 spiro atoms. The van der Waals surface area contributed by atoms with E-state index in [1.54, 1.807) is 19.1 Å². The lowest BCUT2D eigenvalue weighted by atomic mass is 10.5. The summed E-state index contributed by atoms with van der Waals surface area (Å²) in [6, 6.07) is 0. The van der Waals surface area contributed by atoms with Crippen LogP contribution < -0.4 is 0 Å². The summed E-state index contributed by atoms with van der Waals surface area (Å²) in [5.41, 5.74) is 0. The van der Waals surface area contributed by atoms with Gasteiger partial charge in [0.2, 0.25) is 5.91 Å². The summed E-state index contributed by atoms with van der Waals surface area (Å²) in [6.07, 6.45) is 1.29. The minimum Gasteiger partial charge on any atom is -0.382 e. The molecule has 5 nitrogen and oxygen atoms in total. The molecule has 1 amide bonds. The number of hydrogen-bond donors (Lipinski definition) is 0. The normalized spacial score (nSPS) is 10.1. The van der Waals surface area contributed by atoms with Crippen LogP contribution in [0.4, 0.5) is 0 Å². The Morgan fingerprint density at radius 2 is 1.75 bits per heavy atom. The van der Waals surface area contributed by atoms with Crippen LogP contribution in [0.5, 0.6) is 0 Å². The van der Waals surface area contributed by atoms with E-state index >= 15 is 0 Å². The largest absolute Gasteiger partial charge is 0.382 e. The van der Waals surface area contributed by atoms with Gasteiger partial charge in [-0.25, -0.2) is 0 Å². The highest BCUT2D eigenvalue weighted by Crippen LogP contribution is 1.86. The molecule has 5 heteroatoms. The van der Waals surface area contributed by atoms with Crippen molar-refractivity contribution >= 4 is 5.91 Å². The number of hydrogen-bond acceptors (Lipinski definition) is 4. The Bertz CT molecular complexity index is 196. The van der Waals surface area contributed by atoms with E-state index in [1.165, 1.54) is 6.08 Å². The molecule has 0 aliphatic heterocycles. The number of ether oxygens (including phenoxy) is 3. The van der Waals surface area contributed by atoms with Gasteiger partial charge in [0.1, 0.15) is 0 Å². The first kappa shape index (κ1) is 15.1. The van der Waals surface area contributed by atoms with Crippen molar-refractivity contribution in [2.24, 2.45) is 0 Å². The average Bonchev–Trinajstić information content (AvgIpc) is 2.31. The van der Waals surface area contributed by atoms with Crippen molar-refractivity contribution in [1.82, 2.24) is 4.90 Å². The van der Waals surface area contributed by atoms with Crippen LogP contribution >= 0.6 is 0 Å². The molecule has 0 saturated carbocycles. The standard InChI is InChI=1S/C11H21NO4/c1-4-11(13)12(2)5-6-15-9-10-16-8-7-14-3/h4H,1,5-10H2,2-3H3. The highest BCUT2D eigenvalue weighted by Gasteiger charge is 2.02. The molecule has 0 saturated heterocycles. The molecule has 0 aromatic heterocycles. The number of amides is 1. The van der Waals surface area contributed by atoms with Crippen molar-refractivity contribution in [3.63, 3.8) is 0 Å². The zero-order chi connectivity index (χ0) is 12.2. The molecule has 0 radical (unpaired) electrons. The monoisotopic (exact) mass is 231 g/mol. The molecule has 0 fully saturated rings. The molecule has 0 aliphatic carbocycles. The number of carbonyl (C=O) groups is 1. The molecule has 0 aromatic carbocycles. The van der Waals surface area contributed by atoms with E-state index in [-0.39, 0.29) is 5.91 Å². The summed E-state index contributed by atoms with van der Waals surface area (Å²) in [5, 5.41) is 0. The van der Waals surface area contributed by atoms with Crippen LogP contribution in [0.3, 0.4) is 0 Å². The van der Waals surface area contributed by atoms with Gasteiger partial charge in [-0.05, 0) is 6.08 Å². The van der Waals surface area contributed by atoms with Gasteiger partial charge in [-0.3, -0.25) is 4.79 Å². The van der Waals surface area contributed by atoms with E-state index in [2.05, 4.69) is 6.58 Å². The quantitative estimate of drug-likeness (QED) is 0.401. The van der Waals surface area contributed by atoms with Gasteiger partial charge in [-0.15, -0.1) is 0 Å². The summed E-state index contributed by atoms with van der Waals surface area (Å²) >= 11 is 0. The molecule has 0 aliphatic rings. The summed E-state index contributed by atoms with van der Waals surface area (Å²) in [5.74, 6) is -0.0973. The van der Waals surface area contributed by atoms with Gasteiger partial charge in [-0.2, -0.15) is 0 Å². The Balaban J connectivity index is 3.20. The predicted molar refractivity (Wildman–Crippen MR) is 61.3 cm³/mol. The van der Waals surface area contributed by atoms with Crippen LogP contribution in [-0.2, 0) is 19.0 Å². The zero-order valence-electron chi connectivity index (χ0n) is 10.1. The second-order valence-electron chi connectivity index (χ2n) is 3.18. The third kappa shape index (κ3) is 8.40. The molecular formula is C11H21NO4. The van der Waals surface area contributed by atoms with Gasteiger partial charge in [0, 0.05) is 20.7 Å². The first-order chi connectivity index (χ1) is 7.72. The molecule has 0 heterocycles. The predicted octanol–water partition coefficient (Wildman–Crippen LogP) is 0.310. The van der Waals surface area contributed by atoms with E-state index < -0.39 is 0 Å². The third-order valence-electron chi connectivity index (χ3n) is 1.93. The van der Waals surface area contributed by atoms with Crippen LogP contribution in [0.2, 0.25) is 0 Å². The van der Waals surface area contributed by atoms with E-state index in [4.69, 9.17) is 14.2 Å². The number of nitrogens with zero attached hydrogens (tertiary/aromatic N) is 1. The Hall–Kier alpha value is -0.910. The molecule has 94 valence electrons. The second kappa shape index (κ2) is 10.6. The van der Waals surface area contributed by atoms with E-state index in [0.717, 1.165) is 0 Å². The van der Waals surface area contributed by atoms with E-state index in [9.17, 15) is 4.79 Å². The first-order valence-electron chi connectivity index (χ1n) is 5.24. The SMILES string of the molecule is C=CC(=O)N(C)CCOCCOCCOC. The lowest BCUT2D eigenvalue weighted by Crippen LogP contribution is -2.28. The van der Waals surface area contributed by atoms with Gasteiger partial charge in [0.05, 0.1) is 33.0 Å². The Kier molecular flexibility index (Phi) is 10.00. The van der Waals surface area contributed by atoms with Crippen molar-refractivity contribution in [2.45, 2.75) is 0 Å². The molecule has 0 atom stereocenters. The average molecular weight is 231 g/mol. The minimum absolute atomic E-state index is 0.0973. The molecule has 0 bridgehead atoms. The Morgan fingerprint density at radius 3 is 2.31 bits per heavy atom. The number of carbonyl (C=O) groups excluding carboxylic acids is 1. The lowest BCUT2D eigenvalue weighted by Gasteiger charge is -2.14. The maximum atomic E-state index is 11.1. The summed E-state index contributed by atoms with van der Waals surface area (Å²) in [7, 11) is 3.34. The first-order valence-corrected chi connectivity index (χ1v) is 5.24. The highest BCUT2D eigenvalue weighted by molar-refractivity contribution is 5.86. The van der Waals surface area contributed by atoms with Crippen LogP contribution in [0, 0.1) is 0 Å². The van der Waals surface area contributed by atoms with Gasteiger partial charge in [-0.1, -0.05) is 6.58 Å². The van der Waals surface area contributed by atoms with Crippen LogP contribution in [0.15, 0.2) is 12.7 Å².